The minimum absolute atomic E-state index is 0.280. The summed E-state index contributed by atoms with van der Waals surface area (Å²) in [4.78, 5) is 2.54. The zero-order chi connectivity index (χ0) is 16.4. The van der Waals surface area contributed by atoms with Crippen molar-refractivity contribution in [2.24, 2.45) is 17.8 Å². The SMILES string of the molecule is OC(C#CC1CN2CCC1CC2)(c1ccccc1)C1CCCCC1. The number of aliphatic hydroxyl groups is 1. The molecule has 1 N–H and O–H groups in total. The maximum atomic E-state index is 11.6. The molecule has 2 unspecified atom stereocenters. The molecule has 1 aromatic carbocycles. The minimum Gasteiger partial charge on any atom is -0.373 e. The van der Waals surface area contributed by atoms with Crippen molar-refractivity contribution in [3.63, 3.8) is 0 Å². The van der Waals surface area contributed by atoms with Crippen LogP contribution < -0.4 is 0 Å². The number of piperidine rings is 3. The average Bonchev–Trinajstić information content (AvgIpc) is 2.68. The highest BCUT2D eigenvalue weighted by Crippen LogP contribution is 2.39. The van der Waals surface area contributed by atoms with Gasteiger partial charge in [-0.15, -0.1) is 0 Å². The number of fused-ring (bicyclic) bond motifs is 3. The summed E-state index contributed by atoms with van der Waals surface area (Å²) in [6, 6.07) is 10.2. The van der Waals surface area contributed by atoms with Crippen LogP contribution in [0.5, 0.6) is 0 Å². The van der Waals surface area contributed by atoms with Crippen molar-refractivity contribution >= 4 is 0 Å². The van der Waals surface area contributed by atoms with E-state index >= 15 is 0 Å². The zero-order valence-electron chi connectivity index (χ0n) is 14.6. The van der Waals surface area contributed by atoms with Gasteiger partial charge in [-0.1, -0.05) is 61.4 Å². The molecule has 1 aromatic rings. The Hall–Kier alpha value is -1.30. The Bertz CT molecular complexity index is 602. The smallest absolute Gasteiger partial charge is 0.153 e. The Kier molecular flexibility index (Phi) is 4.66. The van der Waals surface area contributed by atoms with Gasteiger partial charge < -0.3 is 10.0 Å². The van der Waals surface area contributed by atoms with Crippen molar-refractivity contribution in [2.75, 3.05) is 19.6 Å². The van der Waals surface area contributed by atoms with Crippen molar-refractivity contribution in [3.05, 3.63) is 35.9 Å². The van der Waals surface area contributed by atoms with E-state index < -0.39 is 5.60 Å². The van der Waals surface area contributed by atoms with Crippen LogP contribution in [-0.2, 0) is 5.60 Å². The topological polar surface area (TPSA) is 23.5 Å². The van der Waals surface area contributed by atoms with Crippen molar-refractivity contribution < 1.29 is 5.11 Å². The van der Waals surface area contributed by atoms with Gasteiger partial charge in [0.05, 0.1) is 0 Å². The molecule has 128 valence electrons. The van der Waals surface area contributed by atoms with Crippen LogP contribution in [0.25, 0.3) is 0 Å². The van der Waals surface area contributed by atoms with Gasteiger partial charge >= 0.3 is 0 Å². The molecule has 3 aliphatic heterocycles. The van der Waals surface area contributed by atoms with E-state index in [-0.39, 0.29) is 5.92 Å². The number of hydrogen-bond donors (Lipinski definition) is 1. The maximum Gasteiger partial charge on any atom is 0.153 e. The van der Waals surface area contributed by atoms with Gasteiger partial charge in [0.15, 0.2) is 5.60 Å². The largest absolute Gasteiger partial charge is 0.373 e. The molecule has 2 atom stereocenters. The lowest BCUT2D eigenvalue weighted by molar-refractivity contribution is 0.0152. The molecule has 2 nitrogen and oxygen atoms in total. The molecule has 5 rings (SSSR count). The molecule has 3 heterocycles. The Morgan fingerprint density at radius 3 is 2.29 bits per heavy atom. The van der Waals surface area contributed by atoms with Gasteiger partial charge in [-0.05, 0) is 50.3 Å². The monoisotopic (exact) mass is 323 g/mol. The van der Waals surface area contributed by atoms with Crippen LogP contribution >= 0.6 is 0 Å². The van der Waals surface area contributed by atoms with Gasteiger partial charge in [0.1, 0.15) is 0 Å². The van der Waals surface area contributed by atoms with Crippen LogP contribution in [0.15, 0.2) is 30.3 Å². The zero-order valence-corrected chi connectivity index (χ0v) is 14.6. The normalized spacial score (nSPS) is 32.6. The van der Waals surface area contributed by atoms with Gasteiger partial charge in [-0.25, -0.2) is 0 Å². The van der Waals surface area contributed by atoms with Crippen molar-refractivity contribution in [1.82, 2.24) is 4.90 Å². The van der Waals surface area contributed by atoms with Crippen molar-refractivity contribution in [3.8, 4) is 11.8 Å². The van der Waals surface area contributed by atoms with E-state index in [1.54, 1.807) is 0 Å². The Labute approximate surface area is 146 Å². The third-order valence-electron chi connectivity index (χ3n) is 6.51. The Balaban J connectivity index is 1.62. The van der Waals surface area contributed by atoms with Gasteiger partial charge in [0, 0.05) is 18.4 Å². The van der Waals surface area contributed by atoms with E-state index in [4.69, 9.17) is 0 Å². The number of hydrogen-bond acceptors (Lipinski definition) is 2. The molecule has 2 bridgehead atoms. The fourth-order valence-electron chi connectivity index (χ4n) is 4.95. The summed E-state index contributed by atoms with van der Waals surface area (Å²) in [7, 11) is 0. The molecular formula is C22H29NO. The van der Waals surface area contributed by atoms with Crippen LogP contribution in [0.1, 0.15) is 50.5 Å². The predicted molar refractivity (Wildman–Crippen MR) is 97.3 cm³/mol. The first-order chi connectivity index (χ1) is 11.8. The lowest BCUT2D eigenvalue weighted by Gasteiger charge is -2.43. The van der Waals surface area contributed by atoms with Gasteiger partial charge in [-0.3, -0.25) is 0 Å². The Morgan fingerprint density at radius 1 is 0.958 bits per heavy atom. The van der Waals surface area contributed by atoms with E-state index in [1.807, 2.05) is 18.2 Å². The predicted octanol–water partition coefficient (Wildman–Crippen LogP) is 3.80. The van der Waals surface area contributed by atoms with E-state index in [0.29, 0.717) is 5.92 Å². The van der Waals surface area contributed by atoms with Gasteiger partial charge in [-0.2, -0.15) is 0 Å². The molecular weight excluding hydrogens is 294 g/mol. The summed E-state index contributed by atoms with van der Waals surface area (Å²) in [5.74, 6) is 8.44. The molecule has 0 amide bonds. The summed E-state index contributed by atoms with van der Waals surface area (Å²) < 4.78 is 0. The average molecular weight is 323 g/mol. The molecule has 2 heteroatoms. The second kappa shape index (κ2) is 6.90. The summed E-state index contributed by atoms with van der Waals surface area (Å²) in [6.45, 7) is 3.59. The maximum absolute atomic E-state index is 11.6. The first-order valence-corrected chi connectivity index (χ1v) is 9.78. The van der Waals surface area contributed by atoms with E-state index in [1.165, 1.54) is 45.2 Å². The van der Waals surface area contributed by atoms with Crippen LogP contribution in [0.4, 0.5) is 0 Å². The second-order valence-corrected chi connectivity index (χ2v) is 7.98. The van der Waals surface area contributed by atoms with Crippen LogP contribution in [-0.4, -0.2) is 29.6 Å². The van der Waals surface area contributed by atoms with Crippen LogP contribution in [0, 0.1) is 29.6 Å². The minimum atomic E-state index is -0.965. The molecule has 0 aromatic heterocycles. The molecule has 24 heavy (non-hydrogen) atoms. The Morgan fingerprint density at radius 2 is 1.67 bits per heavy atom. The molecule has 3 saturated heterocycles. The standard InChI is InChI=1S/C22H29NO/c24-22(20-7-3-1-4-8-20,21-9-5-2-6-10-21)14-11-19-17-23-15-12-18(19)13-16-23/h1,3-4,7-8,18-19,21,24H,2,5-6,9-10,12-13,15-17H2. The summed E-state index contributed by atoms with van der Waals surface area (Å²) in [5.41, 5.74) is 0.0268. The summed E-state index contributed by atoms with van der Waals surface area (Å²) in [5, 5.41) is 11.6. The van der Waals surface area contributed by atoms with Gasteiger partial charge in [0.25, 0.3) is 0 Å². The molecule has 1 aliphatic carbocycles. The quantitative estimate of drug-likeness (QED) is 0.837. The molecule has 1 saturated carbocycles. The van der Waals surface area contributed by atoms with Crippen molar-refractivity contribution in [2.45, 2.75) is 50.5 Å². The summed E-state index contributed by atoms with van der Waals surface area (Å²) in [6.07, 6.45) is 8.51. The molecule has 4 fully saturated rings. The molecule has 0 spiro atoms. The lowest BCUT2D eigenvalue weighted by Crippen LogP contribution is -2.47. The van der Waals surface area contributed by atoms with Crippen LogP contribution in [0.2, 0.25) is 0 Å². The first-order valence-electron chi connectivity index (χ1n) is 9.78. The highest BCUT2D eigenvalue weighted by Gasteiger charge is 2.38. The van der Waals surface area contributed by atoms with E-state index in [9.17, 15) is 5.11 Å². The first kappa shape index (κ1) is 16.2. The fourth-order valence-corrected chi connectivity index (χ4v) is 4.95. The van der Waals surface area contributed by atoms with Crippen molar-refractivity contribution in [1.29, 1.82) is 0 Å². The summed E-state index contributed by atoms with van der Waals surface area (Å²) >= 11 is 0. The molecule has 0 radical (unpaired) electrons. The van der Waals surface area contributed by atoms with Crippen LogP contribution in [0.3, 0.4) is 0 Å². The van der Waals surface area contributed by atoms with Gasteiger partial charge in [0.2, 0.25) is 0 Å². The molecule has 4 aliphatic rings. The third kappa shape index (κ3) is 3.13. The highest BCUT2D eigenvalue weighted by molar-refractivity contribution is 5.34. The second-order valence-electron chi connectivity index (χ2n) is 7.98. The highest BCUT2D eigenvalue weighted by atomic mass is 16.3. The lowest BCUT2D eigenvalue weighted by atomic mass is 9.73. The van der Waals surface area contributed by atoms with E-state index in [2.05, 4.69) is 28.9 Å². The van der Waals surface area contributed by atoms with E-state index in [0.717, 1.165) is 30.9 Å². The fraction of sp³-hybridized carbons (Fsp3) is 0.636. The third-order valence-corrected chi connectivity index (χ3v) is 6.51. The number of nitrogens with zero attached hydrogens (tertiary/aromatic N) is 1. The number of benzene rings is 1. The number of rotatable bonds is 2.